The number of amides is 1. The molecule has 0 saturated carbocycles. The predicted molar refractivity (Wildman–Crippen MR) is 76.4 cm³/mol. The maximum Gasteiger partial charge on any atom is 0.306 e. The van der Waals surface area contributed by atoms with E-state index in [4.69, 9.17) is 5.11 Å². The van der Waals surface area contributed by atoms with Crippen LogP contribution in [0.2, 0.25) is 0 Å². The highest BCUT2D eigenvalue weighted by atomic mass is 32.2. The van der Waals surface area contributed by atoms with Crippen molar-refractivity contribution in [2.24, 2.45) is 11.8 Å². The van der Waals surface area contributed by atoms with E-state index < -0.39 is 21.7 Å². The molecule has 0 aromatic heterocycles. The van der Waals surface area contributed by atoms with Crippen LogP contribution in [0.3, 0.4) is 0 Å². The molecule has 6 nitrogen and oxygen atoms in total. The molecule has 0 spiro atoms. The second kappa shape index (κ2) is 5.93. The summed E-state index contributed by atoms with van der Waals surface area (Å²) < 4.78 is 22.6. The van der Waals surface area contributed by atoms with Gasteiger partial charge in [-0.3, -0.25) is 9.59 Å². The van der Waals surface area contributed by atoms with Gasteiger partial charge in [-0.1, -0.05) is 6.92 Å². The minimum Gasteiger partial charge on any atom is -0.481 e. The lowest BCUT2D eigenvalue weighted by Crippen LogP contribution is -2.54. The molecule has 2 fully saturated rings. The summed E-state index contributed by atoms with van der Waals surface area (Å²) in [6.45, 7) is 2.65. The van der Waals surface area contributed by atoms with Gasteiger partial charge in [-0.15, -0.1) is 11.8 Å². The average molecular weight is 321 g/mol. The number of carbonyl (C=O) groups is 2. The molecule has 2 saturated heterocycles. The average Bonchev–Trinajstić information content (AvgIpc) is 2.64. The maximum atomic E-state index is 11.9. The second-order valence-corrected chi connectivity index (χ2v) is 9.04. The third kappa shape index (κ3) is 3.66. The monoisotopic (exact) mass is 321 g/mol. The van der Waals surface area contributed by atoms with E-state index in [2.05, 4.69) is 0 Å². The number of nitrogens with zero attached hydrogens (tertiary/aromatic N) is 1. The molecule has 2 rings (SSSR count). The maximum absolute atomic E-state index is 11.9. The van der Waals surface area contributed by atoms with E-state index >= 15 is 0 Å². The van der Waals surface area contributed by atoms with Gasteiger partial charge in [-0.2, -0.15) is 0 Å². The Kier molecular flexibility index (Phi) is 4.63. The van der Waals surface area contributed by atoms with Crippen LogP contribution >= 0.6 is 11.8 Å². The lowest BCUT2D eigenvalue weighted by Gasteiger charge is -2.41. The molecule has 20 heavy (non-hydrogen) atoms. The van der Waals surface area contributed by atoms with Gasteiger partial charge in [0, 0.05) is 24.3 Å². The number of likely N-dealkylation sites (tertiary alicyclic amines) is 1. The molecule has 114 valence electrons. The summed E-state index contributed by atoms with van der Waals surface area (Å²) in [6, 6.07) is 0. The predicted octanol–water partition coefficient (Wildman–Crippen LogP) is 0.0858. The largest absolute Gasteiger partial charge is 0.481 e. The summed E-state index contributed by atoms with van der Waals surface area (Å²) in [6.07, 6.45) is 0.624. The number of aliphatic carboxylic acids is 1. The van der Waals surface area contributed by atoms with Crippen LogP contribution in [0.1, 0.15) is 13.3 Å². The third-order valence-corrected chi connectivity index (χ3v) is 7.26. The molecular weight excluding hydrogens is 302 g/mol. The zero-order valence-corrected chi connectivity index (χ0v) is 13.0. The van der Waals surface area contributed by atoms with Crippen molar-refractivity contribution in [1.82, 2.24) is 4.90 Å². The number of hydrogen-bond donors (Lipinski definition) is 1. The molecular formula is C12H19NO5S2. The Morgan fingerprint density at radius 2 is 2.05 bits per heavy atom. The molecule has 0 aliphatic carbocycles. The Hall–Kier alpha value is -0.760. The number of carboxylic acids is 1. The molecule has 2 heterocycles. The fraction of sp³-hybridized carbons (Fsp3) is 0.833. The molecule has 0 bridgehead atoms. The van der Waals surface area contributed by atoms with Gasteiger partial charge in [-0.05, 0) is 6.42 Å². The van der Waals surface area contributed by atoms with Gasteiger partial charge < -0.3 is 10.0 Å². The fourth-order valence-corrected chi connectivity index (χ4v) is 5.95. The van der Waals surface area contributed by atoms with Crippen molar-refractivity contribution < 1.29 is 23.1 Å². The third-order valence-electron chi connectivity index (χ3n) is 3.99. The van der Waals surface area contributed by atoms with Crippen LogP contribution in [0.15, 0.2) is 0 Å². The SMILES string of the molecule is CC(C(=O)O)C1CN(C(=O)CSC2CCS(=O)(=O)C2)C1. The minimum atomic E-state index is -2.90. The Bertz CT molecular complexity index is 498. The number of carbonyl (C=O) groups excluding carboxylic acids is 1. The molecule has 0 aromatic carbocycles. The lowest BCUT2D eigenvalue weighted by molar-refractivity contribution is -0.149. The van der Waals surface area contributed by atoms with Crippen molar-refractivity contribution in [2.45, 2.75) is 18.6 Å². The van der Waals surface area contributed by atoms with Crippen LogP contribution in [-0.2, 0) is 19.4 Å². The van der Waals surface area contributed by atoms with Gasteiger partial charge >= 0.3 is 5.97 Å². The van der Waals surface area contributed by atoms with E-state index in [1.165, 1.54) is 11.8 Å². The Morgan fingerprint density at radius 1 is 1.40 bits per heavy atom. The highest BCUT2D eigenvalue weighted by molar-refractivity contribution is 8.02. The first-order valence-corrected chi connectivity index (χ1v) is 9.48. The second-order valence-electron chi connectivity index (χ2n) is 5.52. The van der Waals surface area contributed by atoms with Crippen LogP contribution in [-0.4, -0.2) is 65.9 Å². The van der Waals surface area contributed by atoms with Crippen molar-refractivity contribution in [3.8, 4) is 0 Å². The Morgan fingerprint density at radius 3 is 2.55 bits per heavy atom. The van der Waals surface area contributed by atoms with E-state index in [0.29, 0.717) is 19.5 Å². The summed E-state index contributed by atoms with van der Waals surface area (Å²) in [5, 5.41) is 8.90. The van der Waals surface area contributed by atoms with E-state index in [9.17, 15) is 18.0 Å². The van der Waals surface area contributed by atoms with Gasteiger partial charge in [0.05, 0.1) is 23.2 Å². The topological polar surface area (TPSA) is 91.8 Å². The van der Waals surface area contributed by atoms with Crippen LogP contribution in [0.25, 0.3) is 0 Å². The molecule has 1 N–H and O–H groups in total. The van der Waals surface area contributed by atoms with Crippen molar-refractivity contribution in [3.05, 3.63) is 0 Å². The first-order chi connectivity index (χ1) is 9.28. The zero-order chi connectivity index (χ0) is 14.9. The van der Waals surface area contributed by atoms with E-state index in [0.717, 1.165) is 0 Å². The first-order valence-electron chi connectivity index (χ1n) is 6.61. The summed E-state index contributed by atoms with van der Waals surface area (Å²) in [4.78, 5) is 24.3. The summed E-state index contributed by atoms with van der Waals surface area (Å²) in [5.41, 5.74) is 0. The van der Waals surface area contributed by atoms with E-state index in [1.54, 1.807) is 11.8 Å². The van der Waals surface area contributed by atoms with Crippen LogP contribution in [0.4, 0.5) is 0 Å². The zero-order valence-electron chi connectivity index (χ0n) is 11.3. The Labute approximate surface area is 122 Å². The molecule has 1 amide bonds. The smallest absolute Gasteiger partial charge is 0.306 e. The molecule has 2 unspecified atom stereocenters. The number of thioether (sulfide) groups is 1. The molecule has 8 heteroatoms. The standard InChI is InChI=1S/C12H19NO5S2/c1-8(12(15)16)9-4-13(5-9)11(14)6-19-10-2-3-20(17,18)7-10/h8-10H,2-7H2,1H3,(H,15,16). The molecule has 2 aliphatic rings. The Balaban J connectivity index is 1.69. The summed E-state index contributed by atoms with van der Waals surface area (Å²) in [5.74, 6) is -0.556. The normalized spacial score (nSPS) is 27.1. The van der Waals surface area contributed by atoms with Crippen LogP contribution < -0.4 is 0 Å². The van der Waals surface area contributed by atoms with Gasteiger partial charge in [0.25, 0.3) is 0 Å². The van der Waals surface area contributed by atoms with Gasteiger partial charge in [0.2, 0.25) is 5.91 Å². The van der Waals surface area contributed by atoms with Crippen molar-refractivity contribution in [2.75, 3.05) is 30.3 Å². The number of hydrogen-bond acceptors (Lipinski definition) is 5. The molecule has 2 aliphatic heterocycles. The van der Waals surface area contributed by atoms with Gasteiger partial charge in [-0.25, -0.2) is 8.42 Å². The molecule has 0 aromatic rings. The van der Waals surface area contributed by atoms with Crippen LogP contribution in [0, 0.1) is 11.8 Å². The van der Waals surface area contributed by atoms with E-state index in [-0.39, 0.29) is 34.3 Å². The quantitative estimate of drug-likeness (QED) is 0.771. The summed E-state index contributed by atoms with van der Waals surface area (Å²) in [7, 11) is -2.90. The molecule has 2 atom stereocenters. The highest BCUT2D eigenvalue weighted by Gasteiger charge is 2.37. The van der Waals surface area contributed by atoms with E-state index in [1.807, 2.05) is 0 Å². The van der Waals surface area contributed by atoms with Crippen molar-refractivity contribution in [3.63, 3.8) is 0 Å². The molecule has 0 radical (unpaired) electrons. The van der Waals surface area contributed by atoms with Gasteiger partial charge in [0.15, 0.2) is 9.84 Å². The lowest BCUT2D eigenvalue weighted by atomic mass is 9.87. The number of carboxylic acid groups (broad SMARTS) is 1. The fourth-order valence-electron chi connectivity index (χ4n) is 2.41. The van der Waals surface area contributed by atoms with Crippen molar-refractivity contribution in [1.29, 1.82) is 0 Å². The number of rotatable bonds is 5. The summed E-state index contributed by atoms with van der Waals surface area (Å²) >= 11 is 1.40. The van der Waals surface area contributed by atoms with Gasteiger partial charge in [0.1, 0.15) is 0 Å². The minimum absolute atomic E-state index is 0.0202. The first kappa shape index (κ1) is 15.6. The van der Waals surface area contributed by atoms with Crippen LogP contribution in [0.5, 0.6) is 0 Å². The van der Waals surface area contributed by atoms with Crippen molar-refractivity contribution >= 4 is 33.5 Å². The highest BCUT2D eigenvalue weighted by Crippen LogP contribution is 2.27. The number of sulfone groups is 1.